The number of rotatable bonds is 6. The van der Waals surface area contributed by atoms with Crippen LogP contribution in [0, 0.1) is 0 Å². The van der Waals surface area contributed by atoms with Crippen molar-refractivity contribution >= 4 is 46.7 Å². The summed E-state index contributed by atoms with van der Waals surface area (Å²) in [6.45, 7) is 0. The fourth-order valence-corrected chi connectivity index (χ4v) is 2.98. The lowest BCUT2D eigenvalue weighted by molar-refractivity contribution is -0.304. The molecule has 2 rings (SSSR count). The first-order chi connectivity index (χ1) is 10.5. The maximum atomic E-state index is 12.1. The number of hydrogen-bond acceptors (Lipinski definition) is 4. The average molecular weight is 354 g/mol. The third-order valence-corrected chi connectivity index (χ3v) is 4.58. The van der Waals surface area contributed by atoms with E-state index in [0.717, 1.165) is 11.8 Å². The average Bonchev–Trinajstić information content (AvgIpc) is 2.49. The summed E-state index contributed by atoms with van der Waals surface area (Å²) in [5.74, 6) is -1.55. The number of thioether (sulfide) groups is 1. The SMILES string of the molecule is O=C(C[C@@H](Sc1ccc(Cl)cc1)C(=O)[O-])c1ccc(Cl)cc1. The van der Waals surface area contributed by atoms with Gasteiger partial charge in [0, 0.05) is 26.9 Å². The van der Waals surface area contributed by atoms with Gasteiger partial charge in [0.05, 0.1) is 11.2 Å². The number of hydrogen-bond donors (Lipinski definition) is 0. The lowest BCUT2D eigenvalue weighted by Crippen LogP contribution is -2.35. The molecule has 0 heterocycles. The molecule has 0 amide bonds. The Morgan fingerprint density at radius 3 is 1.95 bits per heavy atom. The Balaban J connectivity index is 2.08. The van der Waals surface area contributed by atoms with Crippen molar-refractivity contribution in [3.8, 4) is 0 Å². The molecule has 0 N–H and O–H groups in total. The number of halogens is 2. The van der Waals surface area contributed by atoms with Crippen LogP contribution in [0.5, 0.6) is 0 Å². The van der Waals surface area contributed by atoms with Gasteiger partial charge in [-0.05, 0) is 48.5 Å². The van der Waals surface area contributed by atoms with E-state index in [1.54, 1.807) is 48.5 Å². The monoisotopic (exact) mass is 353 g/mol. The predicted molar refractivity (Wildman–Crippen MR) is 86.5 cm³/mol. The number of ketones is 1. The second kappa shape index (κ2) is 7.68. The van der Waals surface area contributed by atoms with E-state index in [9.17, 15) is 14.7 Å². The molecule has 0 fully saturated rings. The second-order valence-corrected chi connectivity index (χ2v) is 6.66. The summed E-state index contributed by atoms with van der Waals surface area (Å²) in [4.78, 5) is 24.1. The number of carbonyl (C=O) groups is 2. The molecular formula is C16H11Cl2O3S-. The highest BCUT2D eigenvalue weighted by Gasteiger charge is 2.18. The van der Waals surface area contributed by atoms with Gasteiger partial charge in [0.15, 0.2) is 5.78 Å². The molecule has 0 unspecified atom stereocenters. The van der Waals surface area contributed by atoms with Crippen LogP contribution in [0.2, 0.25) is 10.0 Å². The third kappa shape index (κ3) is 4.77. The number of Topliss-reactive ketones (excluding diaryl/α,β-unsaturated/α-hetero) is 1. The fourth-order valence-electron chi connectivity index (χ4n) is 1.77. The molecule has 0 saturated carbocycles. The van der Waals surface area contributed by atoms with E-state index in [4.69, 9.17) is 23.2 Å². The largest absolute Gasteiger partial charge is 0.549 e. The standard InChI is InChI=1S/C16H12Cl2O3S/c17-11-3-1-10(2-4-11)14(19)9-15(16(20)21)22-13-7-5-12(18)6-8-13/h1-8,15H,9H2,(H,20,21)/p-1/t15-/m1/s1. The van der Waals surface area contributed by atoms with Gasteiger partial charge in [0.1, 0.15) is 0 Å². The van der Waals surface area contributed by atoms with E-state index in [0.29, 0.717) is 20.5 Å². The fraction of sp³-hybridized carbons (Fsp3) is 0.125. The molecule has 0 bridgehead atoms. The van der Waals surface area contributed by atoms with Crippen molar-refractivity contribution in [2.24, 2.45) is 0 Å². The first-order valence-corrected chi connectivity index (χ1v) is 8.01. The summed E-state index contributed by atoms with van der Waals surface area (Å²) >= 11 is 12.6. The van der Waals surface area contributed by atoms with Crippen LogP contribution in [0.4, 0.5) is 0 Å². The maximum absolute atomic E-state index is 12.1. The summed E-state index contributed by atoms with van der Waals surface area (Å²) in [7, 11) is 0. The van der Waals surface area contributed by atoms with Crippen molar-refractivity contribution in [3.05, 3.63) is 64.1 Å². The molecule has 0 aliphatic carbocycles. The van der Waals surface area contributed by atoms with Gasteiger partial charge in [-0.1, -0.05) is 23.2 Å². The number of carboxylic acids is 1. The van der Waals surface area contributed by atoms with Gasteiger partial charge in [0.2, 0.25) is 0 Å². The smallest absolute Gasteiger partial charge is 0.164 e. The molecule has 2 aromatic rings. The van der Waals surface area contributed by atoms with Gasteiger partial charge in [0.25, 0.3) is 0 Å². The first-order valence-electron chi connectivity index (χ1n) is 6.37. The second-order valence-electron chi connectivity index (χ2n) is 4.51. The first kappa shape index (κ1) is 16.9. The summed E-state index contributed by atoms with van der Waals surface area (Å²) in [6.07, 6.45) is -0.155. The highest BCUT2D eigenvalue weighted by atomic mass is 35.5. The summed E-state index contributed by atoms with van der Waals surface area (Å²) in [5, 5.41) is 11.4. The van der Waals surface area contributed by atoms with E-state index in [1.165, 1.54) is 0 Å². The molecule has 6 heteroatoms. The number of benzene rings is 2. The molecule has 2 aromatic carbocycles. The van der Waals surface area contributed by atoms with E-state index in [2.05, 4.69) is 0 Å². The Morgan fingerprint density at radius 2 is 1.45 bits per heavy atom. The van der Waals surface area contributed by atoms with Crippen LogP contribution in [-0.4, -0.2) is 17.0 Å². The predicted octanol–water partition coefficient (Wildman–Crippen LogP) is 3.48. The van der Waals surface area contributed by atoms with Crippen LogP contribution in [0.15, 0.2) is 53.4 Å². The molecule has 0 aliphatic rings. The van der Waals surface area contributed by atoms with Crippen molar-refractivity contribution in [2.45, 2.75) is 16.6 Å². The van der Waals surface area contributed by atoms with E-state index in [-0.39, 0.29) is 12.2 Å². The normalized spacial score (nSPS) is 11.9. The van der Waals surface area contributed by atoms with Crippen LogP contribution in [0.25, 0.3) is 0 Å². The summed E-state index contributed by atoms with van der Waals surface area (Å²) < 4.78 is 0. The Morgan fingerprint density at radius 1 is 0.955 bits per heavy atom. The van der Waals surface area contributed by atoms with E-state index in [1.807, 2.05) is 0 Å². The lowest BCUT2D eigenvalue weighted by Gasteiger charge is -2.17. The highest BCUT2D eigenvalue weighted by Crippen LogP contribution is 2.27. The van der Waals surface area contributed by atoms with Gasteiger partial charge in [-0.15, -0.1) is 11.8 Å². The molecule has 0 spiro atoms. The number of aliphatic carboxylic acids is 1. The lowest BCUT2D eigenvalue weighted by atomic mass is 10.1. The zero-order valence-electron chi connectivity index (χ0n) is 11.3. The van der Waals surface area contributed by atoms with Crippen LogP contribution in [0.3, 0.4) is 0 Å². The van der Waals surface area contributed by atoms with E-state index < -0.39 is 11.2 Å². The van der Waals surface area contributed by atoms with Crippen LogP contribution in [0.1, 0.15) is 16.8 Å². The van der Waals surface area contributed by atoms with Crippen molar-refractivity contribution in [1.82, 2.24) is 0 Å². The van der Waals surface area contributed by atoms with Crippen LogP contribution in [-0.2, 0) is 4.79 Å². The molecular weight excluding hydrogens is 343 g/mol. The van der Waals surface area contributed by atoms with Crippen molar-refractivity contribution in [2.75, 3.05) is 0 Å². The van der Waals surface area contributed by atoms with Crippen LogP contribution < -0.4 is 5.11 Å². The topological polar surface area (TPSA) is 57.2 Å². The molecule has 1 atom stereocenters. The summed E-state index contributed by atoms with van der Waals surface area (Å²) in [6, 6.07) is 13.1. The maximum Gasteiger partial charge on any atom is 0.164 e. The van der Waals surface area contributed by atoms with Gasteiger partial charge >= 0.3 is 0 Å². The molecule has 3 nitrogen and oxygen atoms in total. The zero-order valence-corrected chi connectivity index (χ0v) is 13.6. The van der Waals surface area contributed by atoms with Gasteiger partial charge in [-0.3, -0.25) is 4.79 Å². The molecule has 114 valence electrons. The van der Waals surface area contributed by atoms with Crippen molar-refractivity contribution in [3.63, 3.8) is 0 Å². The Labute approximate surface area is 142 Å². The van der Waals surface area contributed by atoms with Crippen molar-refractivity contribution in [1.29, 1.82) is 0 Å². The van der Waals surface area contributed by atoms with Crippen LogP contribution >= 0.6 is 35.0 Å². The number of carboxylic acid groups (broad SMARTS) is 1. The third-order valence-electron chi connectivity index (χ3n) is 2.89. The van der Waals surface area contributed by atoms with Crippen molar-refractivity contribution < 1.29 is 14.7 Å². The number of carbonyl (C=O) groups excluding carboxylic acids is 2. The minimum Gasteiger partial charge on any atom is -0.549 e. The van der Waals surface area contributed by atoms with Gasteiger partial charge in [-0.2, -0.15) is 0 Å². The quantitative estimate of drug-likeness (QED) is 0.589. The van der Waals surface area contributed by atoms with E-state index >= 15 is 0 Å². The Kier molecular flexibility index (Phi) is 5.89. The molecule has 0 saturated heterocycles. The Hall–Kier alpha value is -1.49. The molecule has 22 heavy (non-hydrogen) atoms. The molecule has 0 aromatic heterocycles. The Bertz CT molecular complexity index is 669. The zero-order chi connectivity index (χ0) is 16.1. The molecule has 0 aliphatic heterocycles. The van der Waals surface area contributed by atoms with Gasteiger partial charge < -0.3 is 9.90 Å². The van der Waals surface area contributed by atoms with Gasteiger partial charge in [-0.25, -0.2) is 0 Å². The molecule has 0 radical (unpaired) electrons. The summed E-state index contributed by atoms with van der Waals surface area (Å²) in [5.41, 5.74) is 0.423. The minimum absolute atomic E-state index is 0.155. The highest BCUT2D eigenvalue weighted by molar-refractivity contribution is 8.00. The minimum atomic E-state index is -1.28.